The Bertz CT molecular complexity index is 608. The minimum Gasteiger partial charge on any atom is -0.409 e. The Morgan fingerprint density at radius 2 is 1.74 bits per heavy atom. The predicted octanol–water partition coefficient (Wildman–Crippen LogP) is 3.15. The maximum Gasteiger partial charge on any atom is 0.446 e. The summed E-state index contributed by atoms with van der Waals surface area (Å²) in [5, 5.41) is 3.21. The van der Waals surface area contributed by atoms with Crippen LogP contribution in [0, 0.1) is 0 Å². The molecule has 1 rings (SSSR count). The van der Waals surface area contributed by atoms with Gasteiger partial charge in [0, 0.05) is 6.54 Å². The van der Waals surface area contributed by atoms with Gasteiger partial charge in [0.1, 0.15) is 5.75 Å². The first-order valence-electron chi connectivity index (χ1n) is 7.45. The van der Waals surface area contributed by atoms with E-state index in [1.807, 2.05) is 7.05 Å². The minimum absolute atomic E-state index is 0.0618. The summed E-state index contributed by atoms with van der Waals surface area (Å²) < 4.78 is 41.0. The maximum atomic E-state index is 10.7. The van der Waals surface area contributed by atoms with Crippen LogP contribution in [0.25, 0.3) is 0 Å². The third kappa shape index (κ3) is 6.23. The zero-order chi connectivity index (χ0) is 17.9. The van der Waals surface area contributed by atoms with Crippen molar-refractivity contribution < 1.29 is 21.6 Å². The average molecular weight is 362 g/mol. The van der Waals surface area contributed by atoms with Crippen LogP contribution in [0.2, 0.25) is 18.1 Å². The third-order valence-corrected chi connectivity index (χ3v) is 8.98. The standard InChI is InChI=1S/C15H27NO5SSi/c1-15(2,3)23(5,6)21-14(11-16-4)12-7-9-13(10-8-12)20-22(17,18)19/h7-10,14,16H,11H2,1-6H3,(H,17,18,19). The quantitative estimate of drug-likeness (QED) is 0.573. The van der Waals surface area contributed by atoms with Gasteiger partial charge in [-0.2, -0.15) is 8.42 Å². The lowest BCUT2D eigenvalue weighted by Crippen LogP contribution is -2.43. The number of rotatable bonds is 7. The van der Waals surface area contributed by atoms with Crippen LogP contribution in [-0.2, 0) is 14.8 Å². The molecule has 0 saturated heterocycles. The van der Waals surface area contributed by atoms with E-state index in [9.17, 15) is 8.42 Å². The van der Waals surface area contributed by atoms with Crippen molar-refractivity contribution in [3.05, 3.63) is 29.8 Å². The number of likely N-dealkylation sites (N-methyl/N-ethyl adjacent to an activating group) is 1. The molecular weight excluding hydrogens is 334 g/mol. The lowest BCUT2D eigenvalue weighted by molar-refractivity contribution is 0.183. The molecule has 1 aromatic carbocycles. The van der Waals surface area contributed by atoms with Crippen molar-refractivity contribution >= 4 is 18.7 Å². The number of hydrogen-bond donors (Lipinski definition) is 2. The molecule has 0 bridgehead atoms. The van der Waals surface area contributed by atoms with Crippen molar-refractivity contribution in [1.82, 2.24) is 5.32 Å². The summed E-state index contributed by atoms with van der Waals surface area (Å²) in [7, 11) is -4.59. The molecule has 0 heterocycles. The van der Waals surface area contributed by atoms with E-state index in [2.05, 4.69) is 43.4 Å². The molecule has 0 aromatic heterocycles. The fourth-order valence-corrected chi connectivity index (χ4v) is 3.44. The van der Waals surface area contributed by atoms with Crippen molar-refractivity contribution in [2.24, 2.45) is 0 Å². The summed E-state index contributed by atoms with van der Waals surface area (Å²) in [5.74, 6) is 0.0618. The van der Waals surface area contributed by atoms with Crippen molar-refractivity contribution in [2.45, 2.75) is 45.0 Å². The topological polar surface area (TPSA) is 84.9 Å². The Hall–Kier alpha value is -0.933. The SMILES string of the molecule is CNCC(O[Si](C)(C)C(C)(C)C)c1ccc(OS(=O)(=O)O)cc1. The summed E-state index contributed by atoms with van der Waals surface area (Å²) in [5.41, 5.74) is 0.923. The molecule has 132 valence electrons. The van der Waals surface area contributed by atoms with Crippen molar-refractivity contribution in [3.63, 3.8) is 0 Å². The van der Waals surface area contributed by atoms with Gasteiger partial charge in [0.05, 0.1) is 6.10 Å². The monoisotopic (exact) mass is 361 g/mol. The molecule has 0 radical (unpaired) electrons. The van der Waals surface area contributed by atoms with E-state index in [4.69, 9.17) is 8.98 Å². The molecular formula is C15H27NO5SSi. The largest absolute Gasteiger partial charge is 0.446 e. The van der Waals surface area contributed by atoms with E-state index in [1.54, 1.807) is 12.1 Å². The molecule has 1 unspecified atom stereocenters. The second-order valence-corrected chi connectivity index (χ2v) is 12.8. The molecule has 0 spiro atoms. The smallest absolute Gasteiger partial charge is 0.409 e. The highest BCUT2D eigenvalue weighted by molar-refractivity contribution is 7.81. The van der Waals surface area contributed by atoms with Crippen LogP contribution in [-0.4, -0.2) is 34.9 Å². The first-order chi connectivity index (χ1) is 10.4. The van der Waals surface area contributed by atoms with Gasteiger partial charge in [0.15, 0.2) is 8.32 Å². The summed E-state index contributed by atoms with van der Waals surface area (Å²) in [6, 6.07) is 6.49. The van der Waals surface area contributed by atoms with Crippen molar-refractivity contribution in [1.29, 1.82) is 0 Å². The van der Waals surface area contributed by atoms with Gasteiger partial charge in [0.25, 0.3) is 0 Å². The average Bonchev–Trinajstić information content (AvgIpc) is 2.35. The Kier molecular flexibility index (Phi) is 6.39. The van der Waals surface area contributed by atoms with Gasteiger partial charge in [0.2, 0.25) is 0 Å². The van der Waals surface area contributed by atoms with E-state index in [1.165, 1.54) is 12.1 Å². The van der Waals surface area contributed by atoms with Gasteiger partial charge < -0.3 is 13.9 Å². The second kappa shape index (κ2) is 7.31. The van der Waals surface area contributed by atoms with Crippen LogP contribution in [0.4, 0.5) is 0 Å². The molecule has 23 heavy (non-hydrogen) atoms. The van der Waals surface area contributed by atoms with E-state index in [0.29, 0.717) is 6.54 Å². The lowest BCUT2D eigenvalue weighted by atomic mass is 10.1. The Balaban J connectivity index is 2.98. The van der Waals surface area contributed by atoms with Gasteiger partial charge in [-0.05, 0) is 42.9 Å². The fourth-order valence-electron chi connectivity index (χ4n) is 1.81. The lowest BCUT2D eigenvalue weighted by Gasteiger charge is -2.39. The Morgan fingerprint density at radius 1 is 1.22 bits per heavy atom. The molecule has 0 fully saturated rings. The van der Waals surface area contributed by atoms with Gasteiger partial charge >= 0.3 is 10.4 Å². The number of benzene rings is 1. The molecule has 6 nitrogen and oxygen atoms in total. The Morgan fingerprint density at radius 3 is 2.13 bits per heavy atom. The van der Waals surface area contributed by atoms with Gasteiger partial charge in [-0.3, -0.25) is 4.55 Å². The fraction of sp³-hybridized carbons (Fsp3) is 0.600. The molecule has 8 heteroatoms. The van der Waals surface area contributed by atoms with Crippen LogP contribution in [0.5, 0.6) is 5.75 Å². The third-order valence-electron chi connectivity index (χ3n) is 4.09. The zero-order valence-corrected chi connectivity index (χ0v) is 16.4. The zero-order valence-electron chi connectivity index (χ0n) is 14.6. The van der Waals surface area contributed by atoms with Crippen LogP contribution in [0.15, 0.2) is 24.3 Å². The van der Waals surface area contributed by atoms with Crippen LogP contribution >= 0.6 is 0 Å². The van der Waals surface area contributed by atoms with E-state index >= 15 is 0 Å². The maximum absolute atomic E-state index is 10.7. The van der Waals surface area contributed by atoms with E-state index in [0.717, 1.165) is 5.56 Å². The highest BCUT2D eigenvalue weighted by Gasteiger charge is 2.39. The Labute approximate surface area is 140 Å². The number of hydrogen-bond acceptors (Lipinski definition) is 5. The van der Waals surface area contributed by atoms with Crippen LogP contribution in [0.3, 0.4) is 0 Å². The van der Waals surface area contributed by atoms with Crippen molar-refractivity contribution in [2.75, 3.05) is 13.6 Å². The number of nitrogens with one attached hydrogen (secondary N) is 1. The van der Waals surface area contributed by atoms with E-state index < -0.39 is 18.7 Å². The molecule has 0 aliphatic rings. The summed E-state index contributed by atoms with van der Waals surface area (Å²) >= 11 is 0. The van der Waals surface area contributed by atoms with Gasteiger partial charge in [-0.15, -0.1) is 0 Å². The van der Waals surface area contributed by atoms with Gasteiger partial charge in [-0.1, -0.05) is 32.9 Å². The summed E-state index contributed by atoms with van der Waals surface area (Å²) in [6.45, 7) is 11.6. The molecule has 0 saturated carbocycles. The van der Waals surface area contributed by atoms with E-state index in [-0.39, 0.29) is 16.9 Å². The van der Waals surface area contributed by atoms with Crippen molar-refractivity contribution in [3.8, 4) is 5.75 Å². The predicted molar refractivity (Wildman–Crippen MR) is 93.6 cm³/mol. The molecule has 0 aliphatic carbocycles. The molecule has 1 aromatic rings. The minimum atomic E-state index is -4.51. The molecule has 0 aliphatic heterocycles. The first kappa shape index (κ1) is 20.1. The normalized spacial score (nSPS) is 14.6. The van der Waals surface area contributed by atoms with Crippen LogP contribution < -0.4 is 9.50 Å². The molecule has 0 amide bonds. The highest BCUT2D eigenvalue weighted by atomic mass is 32.3. The molecule has 1 atom stereocenters. The van der Waals surface area contributed by atoms with Crippen LogP contribution in [0.1, 0.15) is 32.4 Å². The second-order valence-electron chi connectivity index (χ2n) is 7.00. The first-order valence-corrected chi connectivity index (χ1v) is 11.7. The highest BCUT2D eigenvalue weighted by Crippen LogP contribution is 2.39. The van der Waals surface area contributed by atoms with Gasteiger partial charge in [-0.25, -0.2) is 0 Å². The summed E-state index contributed by atoms with van der Waals surface area (Å²) in [6.07, 6.45) is -0.138. The summed E-state index contributed by atoms with van der Waals surface area (Å²) in [4.78, 5) is 0. The molecule has 2 N–H and O–H groups in total.